The Labute approximate surface area is 240 Å². The quantitative estimate of drug-likeness (QED) is 0.217. The highest BCUT2D eigenvalue weighted by molar-refractivity contribution is 7.99. The lowest BCUT2D eigenvalue weighted by atomic mass is 9.91. The molecule has 4 unspecified atom stereocenters. The molecular formula is C34H35NO4S. The van der Waals surface area contributed by atoms with Gasteiger partial charge in [0.05, 0.1) is 18.8 Å². The third-order valence-corrected chi connectivity index (χ3v) is 8.37. The molecule has 40 heavy (non-hydrogen) atoms. The number of benzene rings is 4. The van der Waals surface area contributed by atoms with Crippen LogP contribution in [0.25, 0.3) is 11.1 Å². The summed E-state index contributed by atoms with van der Waals surface area (Å²) < 4.78 is 13.2. The molecule has 4 atom stereocenters. The van der Waals surface area contributed by atoms with E-state index in [2.05, 4.69) is 72.9 Å². The maximum atomic E-state index is 11.3. The van der Waals surface area contributed by atoms with Gasteiger partial charge in [-0.15, -0.1) is 11.8 Å². The first-order valence-electron chi connectivity index (χ1n) is 13.6. The van der Waals surface area contributed by atoms with E-state index in [-0.39, 0.29) is 30.6 Å². The Morgan fingerprint density at radius 2 is 1.55 bits per heavy atom. The summed E-state index contributed by atoms with van der Waals surface area (Å²) >= 11 is 1.80. The molecule has 4 aromatic carbocycles. The predicted molar refractivity (Wildman–Crippen MR) is 160 cm³/mol. The van der Waals surface area contributed by atoms with Crippen LogP contribution in [-0.2, 0) is 27.4 Å². The fourth-order valence-corrected chi connectivity index (χ4v) is 6.01. The first-order valence-corrected chi connectivity index (χ1v) is 14.6. The summed E-state index contributed by atoms with van der Waals surface area (Å²) in [6.45, 7) is 4.24. The fraction of sp³-hybridized carbons (Fsp3) is 0.265. The van der Waals surface area contributed by atoms with Crippen LogP contribution in [0.5, 0.6) is 0 Å². The Kier molecular flexibility index (Phi) is 9.34. The molecule has 5 rings (SSSR count). The zero-order chi connectivity index (χ0) is 27.9. The van der Waals surface area contributed by atoms with Gasteiger partial charge < -0.3 is 19.9 Å². The highest BCUT2D eigenvalue weighted by atomic mass is 32.2. The van der Waals surface area contributed by atoms with Gasteiger partial charge in [-0.3, -0.25) is 4.79 Å². The van der Waals surface area contributed by atoms with Gasteiger partial charge in [0.2, 0.25) is 5.91 Å². The number of aliphatic hydroxyl groups excluding tert-OH is 1. The minimum Gasteiger partial charge on any atom is -0.392 e. The number of nitrogens with one attached hydrogen (secondary N) is 1. The summed E-state index contributed by atoms with van der Waals surface area (Å²) in [4.78, 5) is 12.5. The van der Waals surface area contributed by atoms with Gasteiger partial charge in [-0.2, -0.15) is 0 Å². The molecule has 1 heterocycles. The van der Waals surface area contributed by atoms with Crippen LogP contribution < -0.4 is 5.32 Å². The number of rotatable bonds is 9. The Morgan fingerprint density at radius 3 is 2.25 bits per heavy atom. The number of hydrogen-bond donors (Lipinski definition) is 2. The Bertz CT molecular complexity index is 1390. The maximum absolute atomic E-state index is 11.3. The van der Waals surface area contributed by atoms with E-state index in [0.717, 1.165) is 39.1 Å². The number of carbonyl (C=O) groups is 1. The number of ether oxygens (including phenoxy) is 2. The van der Waals surface area contributed by atoms with E-state index in [4.69, 9.17) is 9.47 Å². The largest absolute Gasteiger partial charge is 0.392 e. The van der Waals surface area contributed by atoms with Crippen molar-refractivity contribution in [3.05, 3.63) is 125 Å². The number of carbonyl (C=O) groups excluding carboxylic acids is 1. The van der Waals surface area contributed by atoms with E-state index in [1.165, 1.54) is 11.8 Å². The van der Waals surface area contributed by atoms with Crippen molar-refractivity contribution in [2.75, 3.05) is 5.75 Å². The van der Waals surface area contributed by atoms with Crippen LogP contribution in [-0.4, -0.2) is 22.9 Å². The SMILES string of the molecule is CC(=O)NCc1cccc(-c2ccc(C3OC(CSc4ccccc4)C(C)C(c4ccc(CO)cc4)O3)cc2)c1. The molecule has 0 spiro atoms. The molecule has 6 heteroatoms. The lowest BCUT2D eigenvalue weighted by molar-refractivity contribution is -0.268. The van der Waals surface area contributed by atoms with Gasteiger partial charge in [0.15, 0.2) is 6.29 Å². The third kappa shape index (κ3) is 7.01. The van der Waals surface area contributed by atoms with Crippen LogP contribution in [0.4, 0.5) is 0 Å². The summed E-state index contributed by atoms with van der Waals surface area (Å²) in [7, 11) is 0. The van der Waals surface area contributed by atoms with E-state index in [1.807, 2.05) is 42.5 Å². The van der Waals surface area contributed by atoms with Crippen molar-refractivity contribution in [2.24, 2.45) is 5.92 Å². The zero-order valence-electron chi connectivity index (χ0n) is 22.8. The number of amides is 1. The highest BCUT2D eigenvalue weighted by Crippen LogP contribution is 2.43. The molecule has 0 saturated carbocycles. The van der Waals surface area contributed by atoms with Crippen LogP contribution in [0.3, 0.4) is 0 Å². The molecule has 0 bridgehead atoms. The number of hydrogen-bond acceptors (Lipinski definition) is 5. The van der Waals surface area contributed by atoms with Gasteiger partial charge in [0, 0.05) is 35.6 Å². The topological polar surface area (TPSA) is 67.8 Å². The first kappa shape index (κ1) is 28.1. The fourth-order valence-electron chi connectivity index (χ4n) is 4.93. The van der Waals surface area contributed by atoms with Crippen LogP contribution in [0.2, 0.25) is 0 Å². The molecule has 1 aliphatic heterocycles. The first-order chi connectivity index (χ1) is 19.5. The molecule has 5 nitrogen and oxygen atoms in total. The third-order valence-electron chi connectivity index (χ3n) is 7.27. The summed E-state index contributed by atoms with van der Waals surface area (Å²) in [6, 6.07) is 34.9. The standard InChI is InChI=1S/C34H35NO4S/c1-23-32(22-40-31-9-4-3-5-10-31)38-34(39-33(23)28-13-11-25(21-36)12-14-28)29-17-15-27(16-18-29)30-8-6-7-26(19-30)20-35-24(2)37/h3-19,23,32-34,36H,20-22H2,1-2H3,(H,35,37). The number of thioether (sulfide) groups is 1. The summed E-state index contributed by atoms with van der Waals surface area (Å²) in [5.74, 6) is 0.910. The van der Waals surface area contributed by atoms with E-state index in [9.17, 15) is 9.90 Å². The zero-order valence-corrected chi connectivity index (χ0v) is 23.6. The van der Waals surface area contributed by atoms with E-state index < -0.39 is 6.29 Å². The van der Waals surface area contributed by atoms with Crippen molar-refractivity contribution < 1.29 is 19.4 Å². The normalized spacial score (nSPS) is 20.7. The average molecular weight is 554 g/mol. The van der Waals surface area contributed by atoms with E-state index in [1.54, 1.807) is 11.8 Å². The van der Waals surface area contributed by atoms with Gasteiger partial charge >= 0.3 is 0 Å². The second kappa shape index (κ2) is 13.3. The van der Waals surface area contributed by atoms with Crippen LogP contribution in [0.15, 0.2) is 108 Å². The molecule has 0 radical (unpaired) electrons. The average Bonchev–Trinajstić information content (AvgIpc) is 3.00. The molecule has 1 fully saturated rings. The van der Waals surface area contributed by atoms with Crippen molar-refractivity contribution >= 4 is 17.7 Å². The van der Waals surface area contributed by atoms with Gasteiger partial charge in [-0.25, -0.2) is 0 Å². The second-order valence-corrected chi connectivity index (χ2v) is 11.3. The molecule has 0 aromatic heterocycles. The Morgan fingerprint density at radius 1 is 0.825 bits per heavy atom. The highest BCUT2D eigenvalue weighted by Gasteiger charge is 2.38. The van der Waals surface area contributed by atoms with Gasteiger partial charge in [0.1, 0.15) is 0 Å². The van der Waals surface area contributed by atoms with Gasteiger partial charge in [-0.05, 0) is 46.0 Å². The molecule has 4 aromatic rings. The van der Waals surface area contributed by atoms with Crippen molar-refractivity contribution in [3.8, 4) is 11.1 Å². The molecule has 206 valence electrons. The monoisotopic (exact) mass is 553 g/mol. The van der Waals surface area contributed by atoms with E-state index >= 15 is 0 Å². The maximum Gasteiger partial charge on any atom is 0.217 e. The lowest BCUT2D eigenvalue weighted by Crippen LogP contribution is -2.38. The van der Waals surface area contributed by atoms with Crippen molar-refractivity contribution in [2.45, 2.75) is 50.4 Å². The van der Waals surface area contributed by atoms with Crippen LogP contribution >= 0.6 is 11.8 Å². The lowest BCUT2D eigenvalue weighted by Gasteiger charge is -2.41. The molecule has 2 N–H and O–H groups in total. The summed E-state index contributed by atoms with van der Waals surface area (Å²) in [5, 5.41) is 12.4. The molecular weight excluding hydrogens is 518 g/mol. The molecule has 1 amide bonds. The molecule has 1 aliphatic rings. The smallest absolute Gasteiger partial charge is 0.217 e. The van der Waals surface area contributed by atoms with Crippen LogP contribution in [0, 0.1) is 5.92 Å². The molecule has 0 aliphatic carbocycles. The Balaban J connectivity index is 1.36. The van der Waals surface area contributed by atoms with Crippen molar-refractivity contribution in [3.63, 3.8) is 0 Å². The minimum absolute atomic E-state index is 0.0170. The number of aliphatic hydroxyl groups is 1. The van der Waals surface area contributed by atoms with E-state index in [0.29, 0.717) is 6.54 Å². The van der Waals surface area contributed by atoms with Crippen LogP contribution in [0.1, 0.15) is 48.5 Å². The van der Waals surface area contributed by atoms with Gasteiger partial charge in [0.25, 0.3) is 0 Å². The second-order valence-electron chi connectivity index (χ2n) is 10.2. The minimum atomic E-state index is -0.500. The summed E-state index contributed by atoms with van der Waals surface area (Å²) in [6.07, 6.45) is -0.658. The Hall–Kier alpha value is -3.42. The van der Waals surface area contributed by atoms with Crippen molar-refractivity contribution in [1.82, 2.24) is 5.32 Å². The summed E-state index contributed by atoms with van der Waals surface area (Å²) in [5.41, 5.74) is 6.17. The predicted octanol–water partition coefficient (Wildman–Crippen LogP) is 7.07. The van der Waals surface area contributed by atoms with Crippen molar-refractivity contribution in [1.29, 1.82) is 0 Å². The van der Waals surface area contributed by atoms with Gasteiger partial charge in [-0.1, -0.05) is 91.9 Å². The molecule has 1 saturated heterocycles.